The van der Waals surface area contributed by atoms with Gasteiger partial charge in [0.05, 0.1) is 0 Å². The molecule has 54 valence electrons. The summed E-state index contributed by atoms with van der Waals surface area (Å²) in [6.07, 6.45) is 0.206. The van der Waals surface area contributed by atoms with Crippen molar-refractivity contribution in [3.05, 3.63) is 0 Å². The number of carbonyl (C=O) groups excluding carboxylic acids is 1. The van der Waals surface area contributed by atoms with Crippen molar-refractivity contribution in [2.45, 2.75) is 13.3 Å². The van der Waals surface area contributed by atoms with Gasteiger partial charge >= 0.3 is 5.97 Å². The highest BCUT2D eigenvalue weighted by Crippen LogP contribution is 1.84. The Labute approximate surface area is 55.5 Å². The Bertz CT molecular complexity index is 122. The molecule has 0 rings (SSSR count). The summed E-state index contributed by atoms with van der Waals surface area (Å²) >= 11 is -2.28. The highest BCUT2D eigenvalue weighted by Gasteiger charge is 1.95. The lowest BCUT2D eigenvalue weighted by Gasteiger charge is -2.04. The quantitative estimate of drug-likeness (QED) is 0.413. The van der Waals surface area contributed by atoms with E-state index in [1.54, 1.807) is 6.92 Å². The minimum Gasteiger partial charge on any atom is -0.770 e. The molecule has 1 atom stereocenters. The first-order chi connectivity index (χ1) is 4.16. The van der Waals surface area contributed by atoms with Gasteiger partial charge in [-0.25, -0.2) is 0 Å². The van der Waals surface area contributed by atoms with E-state index in [0.29, 0.717) is 0 Å². The molecule has 1 unspecified atom stereocenters. The van der Waals surface area contributed by atoms with Crippen LogP contribution in [-0.4, -0.2) is 20.7 Å². The molecule has 0 bridgehead atoms. The summed E-state index contributed by atoms with van der Waals surface area (Å²) in [5.41, 5.74) is 0. The summed E-state index contributed by atoms with van der Waals surface area (Å²) in [4.78, 5) is 10.2. The maximum Gasteiger partial charge on any atom is 0.306 e. The Morgan fingerprint density at radius 3 is 2.67 bits per heavy atom. The zero-order chi connectivity index (χ0) is 7.28. The van der Waals surface area contributed by atoms with Gasteiger partial charge in [-0.1, -0.05) is 6.92 Å². The molecule has 0 aliphatic heterocycles. The summed E-state index contributed by atoms with van der Waals surface area (Å²) in [7, 11) is 0. The lowest BCUT2D eigenvalue weighted by molar-refractivity contribution is -0.141. The molecule has 0 fully saturated rings. The molecule has 0 radical (unpaired) electrons. The van der Waals surface area contributed by atoms with Crippen LogP contribution in [0.2, 0.25) is 0 Å². The van der Waals surface area contributed by atoms with Crippen LogP contribution < -0.4 is 0 Å². The summed E-state index contributed by atoms with van der Waals surface area (Å²) in [5.74, 6) is -1.04. The van der Waals surface area contributed by atoms with Crippen molar-refractivity contribution in [2.24, 2.45) is 0 Å². The number of carbonyl (C=O) groups is 1. The van der Waals surface area contributed by atoms with Crippen LogP contribution in [0, 0.1) is 0 Å². The average Bonchev–Trinajstić information content (AvgIpc) is 1.83. The van der Waals surface area contributed by atoms with E-state index in [-0.39, 0.29) is 6.42 Å². The van der Waals surface area contributed by atoms with Crippen LogP contribution in [-0.2, 0) is 20.6 Å². The molecule has 0 saturated carbocycles. The topological polar surface area (TPSA) is 66.4 Å². The molecule has 5 heteroatoms. The fourth-order valence-corrected chi connectivity index (χ4v) is 0.444. The predicted octanol–water partition coefficient (Wildman–Crippen LogP) is -0.224. The first-order valence-corrected chi connectivity index (χ1v) is 3.62. The van der Waals surface area contributed by atoms with Crippen LogP contribution in [0.3, 0.4) is 0 Å². The van der Waals surface area contributed by atoms with Crippen LogP contribution >= 0.6 is 0 Å². The zero-order valence-electron chi connectivity index (χ0n) is 4.96. The number of rotatable bonds is 3. The summed E-state index contributed by atoms with van der Waals surface area (Å²) < 4.78 is 23.7. The molecular formula is C4H7O4S-. The van der Waals surface area contributed by atoms with Crippen LogP contribution in [0.4, 0.5) is 0 Å². The minimum atomic E-state index is -2.28. The monoisotopic (exact) mass is 151 g/mol. The van der Waals surface area contributed by atoms with Crippen LogP contribution in [0.5, 0.6) is 0 Å². The van der Waals surface area contributed by atoms with Crippen molar-refractivity contribution in [3.63, 3.8) is 0 Å². The average molecular weight is 151 g/mol. The molecule has 0 saturated heterocycles. The van der Waals surface area contributed by atoms with E-state index in [1.807, 2.05) is 0 Å². The van der Waals surface area contributed by atoms with Gasteiger partial charge in [-0.05, 0) is 11.1 Å². The first kappa shape index (κ1) is 8.58. The second-order valence-electron chi connectivity index (χ2n) is 1.29. The normalized spacial score (nSPS) is 12.7. The van der Waals surface area contributed by atoms with Crippen LogP contribution in [0.1, 0.15) is 13.3 Å². The lowest BCUT2D eigenvalue weighted by atomic mass is 10.5. The van der Waals surface area contributed by atoms with Gasteiger partial charge < -0.3 is 9.29 Å². The van der Waals surface area contributed by atoms with Gasteiger partial charge in [0.1, 0.15) is 0 Å². The molecule has 0 amide bonds. The summed E-state index contributed by atoms with van der Waals surface area (Å²) in [6.45, 7) is 1.59. The predicted molar refractivity (Wildman–Crippen MR) is 30.2 cm³/mol. The molecule has 0 aliphatic rings. The van der Waals surface area contributed by atoms with Gasteiger partial charge in [0.15, 0.2) is 5.94 Å². The van der Waals surface area contributed by atoms with E-state index in [9.17, 15) is 13.6 Å². The Kier molecular flexibility index (Phi) is 4.25. The van der Waals surface area contributed by atoms with Crippen molar-refractivity contribution in [1.29, 1.82) is 0 Å². The molecule has 0 N–H and O–H groups in total. The molecule has 0 aromatic rings. The third kappa shape index (κ3) is 5.45. The first-order valence-electron chi connectivity index (χ1n) is 2.38. The standard InChI is InChI=1S/C4H8O4S/c1-2-4(5)8-3-9(6)7/h2-3H2,1H3,(H,6,7)/p-1. The summed E-state index contributed by atoms with van der Waals surface area (Å²) in [5, 5.41) is 0. The molecule has 0 aromatic heterocycles. The maximum atomic E-state index is 10.2. The number of hydrogen-bond donors (Lipinski definition) is 0. The Morgan fingerprint density at radius 1 is 1.78 bits per heavy atom. The van der Waals surface area contributed by atoms with Gasteiger partial charge in [0.25, 0.3) is 0 Å². The maximum absolute atomic E-state index is 10.2. The molecule has 0 aliphatic carbocycles. The van der Waals surface area contributed by atoms with Gasteiger partial charge in [-0.3, -0.25) is 9.00 Å². The number of hydrogen-bond acceptors (Lipinski definition) is 4. The fraction of sp³-hybridized carbons (Fsp3) is 0.750. The zero-order valence-corrected chi connectivity index (χ0v) is 5.77. The Balaban J connectivity index is 3.28. The van der Waals surface area contributed by atoms with Crippen molar-refractivity contribution in [2.75, 3.05) is 5.94 Å². The summed E-state index contributed by atoms with van der Waals surface area (Å²) in [6, 6.07) is 0. The molecule has 0 aromatic carbocycles. The van der Waals surface area contributed by atoms with Crippen LogP contribution in [0.15, 0.2) is 0 Å². The van der Waals surface area contributed by atoms with Gasteiger partial charge in [0.2, 0.25) is 0 Å². The highest BCUT2D eigenvalue weighted by molar-refractivity contribution is 7.78. The van der Waals surface area contributed by atoms with E-state index in [1.165, 1.54) is 0 Å². The third-order valence-corrected chi connectivity index (χ3v) is 0.915. The Morgan fingerprint density at radius 2 is 2.33 bits per heavy atom. The highest BCUT2D eigenvalue weighted by atomic mass is 32.2. The molecule has 4 nitrogen and oxygen atoms in total. The molecule has 0 spiro atoms. The fourth-order valence-electron chi connectivity index (χ4n) is 0.216. The molecule has 9 heavy (non-hydrogen) atoms. The third-order valence-electron chi connectivity index (χ3n) is 0.605. The van der Waals surface area contributed by atoms with Crippen molar-refractivity contribution >= 4 is 17.0 Å². The van der Waals surface area contributed by atoms with Gasteiger partial charge in [-0.2, -0.15) is 0 Å². The number of ether oxygens (including phenoxy) is 1. The van der Waals surface area contributed by atoms with E-state index in [4.69, 9.17) is 0 Å². The second-order valence-corrected chi connectivity index (χ2v) is 2.13. The SMILES string of the molecule is CCC(=O)OCS(=O)[O-]. The van der Waals surface area contributed by atoms with E-state index >= 15 is 0 Å². The smallest absolute Gasteiger partial charge is 0.306 e. The lowest BCUT2D eigenvalue weighted by Crippen LogP contribution is -2.07. The van der Waals surface area contributed by atoms with Gasteiger partial charge in [0, 0.05) is 6.42 Å². The minimum absolute atomic E-state index is 0.206. The van der Waals surface area contributed by atoms with Crippen molar-refractivity contribution < 1.29 is 18.3 Å². The molecule has 0 heterocycles. The van der Waals surface area contributed by atoms with E-state index in [2.05, 4.69) is 4.74 Å². The van der Waals surface area contributed by atoms with E-state index in [0.717, 1.165) is 0 Å². The van der Waals surface area contributed by atoms with Crippen molar-refractivity contribution in [1.82, 2.24) is 0 Å². The molecular weight excluding hydrogens is 144 g/mol. The van der Waals surface area contributed by atoms with Gasteiger partial charge in [-0.15, -0.1) is 0 Å². The van der Waals surface area contributed by atoms with E-state index < -0.39 is 23.0 Å². The van der Waals surface area contributed by atoms with Crippen LogP contribution in [0.25, 0.3) is 0 Å². The van der Waals surface area contributed by atoms with Crippen molar-refractivity contribution in [3.8, 4) is 0 Å². The largest absolute Gasteiger partial charge is 0.770 e. The second kappa shape index (κ2) is 4.46. The Hall–Kier alpha value is -0.420. The number of esters is 1.